The van der Waals surface area contributed by atoms with E-state index in [9.17, 15) is 9.59 Å². The summed E-state index contributed by atoms with van der Waals surface area (Å²) in [5, 5.41) is 2.67. The zero-order chi connectivity index (χ0) is 14.7. The zero-order valence-corrected chi connectivity index (χ0v) is 13.9. The van der Waals surface area contributed by atoms with Gasteiger partial charge in [0.25, 0.3) is 0 Å². The first-order chi connectivity index (χ1) is 9.49. The molecule has 20 heavy (non-hydrogen) atoms. The number of amides is 2. The molecule has 1 fully saturated rings. The number of rotatable bonds is 1. The van der Waals surface area contributed by atoms with Crippen molar-refractivity contribution in [2.45, 2.75) is 45.2 Å². The van der Waals surface area contributed by atoms with Gasteiger partial charge in [-0.1, -0.05) is 0 Å². The van der Waals surface area contributed by atoms with Crippen molar-refractivity contribution in [3.63, 3.8) is 0 Å². The van der Waals surface area contributed by atoms with E-state index in [1.54, 1.807) is 17.0 Å². The van der Waals surface area contributed by atoms with Crippen molar-refractivity contribution in [1.29, 1.82) is 0 Å². The van der Waals surface area contributed by atoms with Gasteiger partial charge < -0.3 is 10.2 Å². The van der Waals surface area contributed by atoms with Crippen LogP contribution in [0.4, 0.5) is 5.69 Å². The van der Waals surface area contributed by atoms with Crippen LogP contribution >= 0.6 is 22.6 Å². The Balaban J connectivity index is 2.04. The van der Waals surface area contributed by atoms with Gasteiger partial charge in [0.15, 0.2) is 0 Å². The van der Waals surface area contributed by atoms with Crippen LogP contribution in [0.1, 0.15) is 33.1 Å². The summed E-state index contributed by atoms with van der Waals surface area (Å²) in [6.45, 7) is 4.01. The third kappa shape index (κ3) is 3.50. The van der Waals surface area contributed by atoms with Gasteiger partial charge >= 0.3 is 11.8 Å². The lowest BCUT2D eigenvalue weighted by atomic mass is 9.97. The highest BCUT2D eigenvalue weighted by Crippen LogP contribution is 2.23. The van der Waals surface area contributed by atoms with Crippen LogP contribution in [0.2, 0.25) is 0 Å². The number of nitrogens with zero attached hydrogens (tertiary/aromatic N) is 1. The molecule has 1 saturated heterocycles. The molecule has 0 bridgehead atoms. The van der Waals surface area contributed by atoms with Crippen LogP contribution in [0.25, 0.3) is 0 Å². The Labute approximate surface area is 133 Å². The molecule has 0 spiro atoms. The summed E-state index contributed by atoms with van der Waals surface area (Å²) in [6, 6.07) is 7.66. The maximum Gasteiger partial charge on any atom is 0.313 e. The Hall–Kier alpha value is -1.11. The van der Waals surface area contributed by atoms with Gasteiger partial charge in [-0.3, -0.25) is 9.59 Å². The summed E-state index contributed by atoms with van der Waals surface area (Å²) in [7, 11) is 0. The minimum atomic E-state index is -0.549. The molecule has 0 aliphatic carbocycles. The van der Waals surface area contributed by atoms with E-state index in [4.69, 9.17) is 0 Å². The van der Waals surface area contributed by atoms with E-state index in [0.29, 0.717) is 5.69 Å². The molecule has 2 atom stereocenters. The quantitative estimate of drug-likeness (QED) is 0.596. The second kappa shape index (κ2) is 6.56. The van der Waals surface area contributed by atoms with Crippen LogP contribution < -0.4 is 5.32 Å². The first-order valence-corrected chi connectivity index (χ1v) is 7.96. The van der Waals surface area contributed by atoms with Gasteiger partial charge in [-0.15, -0.1) is 0 Å². The third-order valence-corrected chi connectivity index (χ3v) is 4.44. The molecule has 0 saturated carbocycles. The number of piperidine rings is 1. The number of halogens is 1. The van der Waals surface area contributed by atoms with Crippen molar-refractivity contribution in [1.82, 2.24) is 4.90 Å². The molecular weight excluding hydrogens is 367 g/mol. The minimum Gasteiger partial charge on any atom is -0.329 e. The Morgan fingerprint density at radius 3 is 2.25 bits per heavy atom. The molecule has 0 radical (unpaired) electrons. The molecule has 1 aromatic carbocycles. The van der Waals surface area contributed by atoms with Crippen LogP contribution in [-0.4, -0.2) is 28.8 Å². The van der Waals surface area contributed by atoms with E-state index in [1.165, 1.54) is 0 Å². The normalized spacial score (nSPS) is 22.4. The topological polar surface area (TPSA) is 49.4 Å². The number of carbonyl (C=O) groups excluding carboxylic acids is 2. The van der Waals surface area contributed by atoms with E-state index in [2.05, 4.69) is 27.9 Å². The molecule has 2 unspecified atom stereocenters. The van der Waals surface area contributed by atoms with Gasteiger partial charge in [-0.2, -0.15) is 0 Å². The average Bonchev–Trinajstić information content (AvgIpc) is 2.41. The number of hydrogen-bond acceptors (Lipinski definition) is 2. The Morgan fingerprint density at radius 2 is 1.70 bits per heavy atom. The van der Waals surface area contributed by atoms with Gasteiger partial charge in [0.2, 0.25) is 0 Å². The Bertz CT molecular complexity index is 491. The van der Waals surface area contributed by atoms with Crippen LogP contribution in [-0.2, 0) is 9.59 Å². The fourth-order valence-electron chi connectivity index (χ4n) is 2.66. The molecule has 2 amide bonds. The highest BCUT2D eigenvalue weighted by atomic mass is 127. The first-order valence-electron chi connectivity index (χ1n) is 6.88. The highest BCUT2D eigenvalue weighted by Gasteiger charge is 2.32. The highest BCUT2D eigenvalue weighted by molar-refractivity contribution is 14.1. The van der Waals surface area contributed by atoms with Gasteiger partial charge in [-0.05, 0) is 80.0 Å². The maximum atomic E-state index is 12.3. The number of likely N-dealkylation sites (tertiary alicyclic amines) is 1. The van der Waals surface area contributed by atoms with Crippen molar-refractivity contribution in [3.05, 3.63) is 27.8 Å². The van der Waals surface area contributed by atoms with Crippen LogP contribution in [0.15, 0.2) is 24.3 Å². The maximum absolute atomic E-state index is 12.3. The van der Waals surface area contributed by atoms with Crippen LogP contribution in [0, 0.1) is 3.57 Å². The molecule has 0 aromatic heterocycles. The van der Waals surface area contributed by atoms with E-state index in [0.717, 1.165) is 22.8 Å². The molecule has 1 aromatic rings. The lowest BCUT2D eigenvalue weighted by Crippen LogP contribution is -2.51. The van der Waals surface area contributed by atoms with Crippen molar-refractivity contribution in [2.75, 3.05) is 5.32 Å². The predicted octanol–water partition coefficient (Wildman–Crippen LogP) is 3.02. The largest absolute Gasteiger partial charge is 0.329 e. The Morgan fingerprint density at radius 1 is 1.15 bits per heavy atom. The molecular formula is C15H19IN2O2. The summed E-state index contributed by atoms with van der Waals surface area (Å²) in [5.41, 5.74) is 0.654. The van der Waals surface area contributed by atoms with Gasteiger partial charge in [0, 0.05) is 21.3 Å². The average molecular weight is 386 g/mol. The van der Waals surface area contributed by atoms with Crippen molar-refractivity contribution < 1.29 is 9.59 Å². The monoisotopic (exact) mass is 386 g/mol. The van der Waals surface area contributed by atoms with Gasteiger partial charge in [0.05, 0.1) is 0 Å². The summed E-state index contributed by atoms with van der Waals surface area (Å²) in [4.78, 5) is 26.1. The van der Waals surface area contributed by atoms with Crippen molar-refractivity contribution >= 4 is 40.1 Å². The minimum absolute atomic E-state index is 0.133. The van der Waals surface area contributed by atoms with Crippen molar-refractivity contribution in [2.24, 2.45) is 0 Å². The predicted molar refractivity (Wildman–Crippen MR) is 87.4 cm³/mol. The van der Waals surface area contributed by atoms with Crippen molar-refractivity contribution in [3.8, 4) is 0 Å². The number of benzene rings is 1. The molecule has 1 aliphatic heterocycles. The van der Waals surface area contributed by atoms with E-state index < -0.39 is 11.8 Å². The first kappa shape index (κ1) is 15.3. The summed E-state index contributed by atoms with van der Waals surface area (Å²) >= 11 is 2.20. The smallest absolute Gasteiger partial charge is 0.313 e. The summed E-state index contributed by atoms with van der Waals surface area (Å²) in [5.74, 6) is -0.977. The fraction of sp³-hybridized carbons (Fsp3) is 0.467. The number of anilines is 1. The molecule has 108 valence electrons. The molecule has 5 heteroatoms. The molecule has 1 heterocycles. The standard InChI is InChI=1S/C15H19IN2O2/c1-10-4-3-5-11(2)18(10)15(20)14(19)17-13-8-6-12(16)7-9-13/h6-11H,3-5H2,1-2H3,(H,17,19). The zero-order valence-electron chi connectivity index (χ0n) is 11.7. The molecule has 1 aliphatic rings. The van der Waals surface area contributed by atoms with Crippen LogP contribution in [0.5, 0.6) is 0 Å². The molecule has 2 rings (SSSR count). The second-order valence-corrected chi connectivity index (χ2v) is 6.55. The fourth-order valence-corrected chi connectivity index (χ4v) is 3.02. The van der Waals surface area contributed by atoms with E-state index in [-0.39, 0.29) is 12.1 Å². The third-order valence-electron chi connectivity index (χ3n) is 3.72. The SMILES string of the molecule is CC1CCCC(C)N1C(=O)C(=O)Nc1ccc(I)cc1. The summed E-state index contributed by atoms with van der Waals surface area (Å²) in [6.07, 6.45) is 3.05. The summed E-state index contributed by atoms with van der Waals surface area (Å²) < 4.78 is 1.09. The van der Waals surface area contributed by atoms with Crippen LogP contribution in [0.3, 0.4) is 0 Å². The van der Waals surface area contributed by atoms with Gasteiger partial charge in [0.1, 0.15) is 0 Å². The van der Waals surface area contributed by atoms with E-state index >= 15 is 0 Å². The number of nitrogens with one attached hydrogen (secondary N) is 1. The second-order valence-electron chi connectivity index (χ2n) is 5.30. The van der Waals surface area contributed by atoms with Gasteiger partial charge in [-0.25, -0.2) is 0 Å². The van der Waals surface area contributed by atoms with E-state index in [1.807, 2.05) is 26.0 Å². The number of hydrogen-bond donors (Lipinski definition) is 1. The number of carbonyl (C=O) groups is 2. The molecule has 1 N–H and O–H groups in total. The Kier molecular flexibility index (Phi) is 5.01. The molecule has 4 nitrogen and oxygen atoms in total. The lowest BCUT2D eigenvalue weighted by molar-refractivity contribution is -0.147. The lowest BCUT2D eigenvalue weighted by Gasteiger charge is -2.38.